The second kappa shape index (κ2) is 7.20. The quantitative estimate of drug-likeness (QED) is 0.459. The lowest BCUT2D eigenvalue weighted by Gasteiger charge is -1.93. The van der Waals surface area contributed by atoms with Crippen LogP contribution in [0.2, 0.25) is 0 Å². The van der Waals surface area contributed by atoms with Crippen LogP contribution in [0.15, 0.2) is 35.7 Å². The summed E-state index contributed by atoms with van der Waals surface area (Å²) in [7, 11) is 0. The zero-order chi connectivity index (χ0) is 12.6. The van der Waals surface area contributed by atoms with Crippen LogP contribution in [0.1, 0.15) is 17.8 Å². The van der Waals surface area contributed by atoms with E-state index in [4.69, 9.17) is 11.6 Å². The first-order valence-electron chi connectivity index (χ1n) is 5.91. The Kier molecular flexibility index (Phi) is 5.26. The summed E-state index contributed by atoms with van der Waals surface area (Å²) < 4.78 is 0. The molecule has 0 bridgehead atoms. The van der Waals surface area contributed by atoms with E-state index in [1.807, 2.05) is 18.2 Å². The number of halogens is 1. The largest absolute Gasteiger partial charge is 0.240 e. The first-order valence-corrected chi connectivity index (χ1v) is 7.33. The first-order chi connectivity index (χ1) is 8.90. The van der Waals surface area contributed by atoms with Crippen molar-refractivity contribution in [1.82, 2.24) is 4.98 Å². The molecule has 0 unspecified atom stereocenters. The van der Waals surface area contributed by atoms with Crippen molar-refractivity contribution in [2.45, 2.75) is 19.3 Å². The van der Waals surface area contributed by atoms with E-state index in [1.54, 1.807) is 11.3 Å². The van der Waals surface area contributed by atoms with Gasteiger partial charge in [0.25, 0.3) is 0 Å². The first kappa shape index (κ1) is 13.1. The fraction of sp³-hybridized carbons (Fsp3) is 0.267. The van der Waals surface area contributed by atoms with Gasteiger partial charge in [0, 0.05) is 23.2 Å². The molecule has 1 aromatic carbocycles. The van der Waals surface area contributed by atoms with Gasteiger partial charge < -0.3 is 0 Å². The Morgan fingerprint density at radius 2 is 2.00 bits per heavy atom. The summed E-state index contributed by atoms with van der Waals surface area (Å²) in [5.74, 6) is 6.94. The number of benzene rings is 1. The van der Waals surface area contributed by atoms with E-state index < -0.39 is 0 Å². The predicted octanol–water partition coefficient (Wildman–Crippen LogP) is 4.38. The van der Waals surface area contributed by atoms with Crippen LogP contribution in [0, 0.1) is 11.8 Å². The Bertz CT molecular complexity index is 536. The van der Waals surface area contributed by atoms with Gasteiger partial charge in [-0.3, -0.25) is 0 Å². The van der Waals surface area contributed by atoms with Crippen LogP contribution in [0.25, 0.3) is 11.3 Å². The minimum Gasteiger partial charge on any atom is -0.240 e. The van der Waals surface area contributed by atoms with Gasteiger partial charge in [0.15, 0.2) is 0 Å². The molecule has 0 spiro atoms. The number of hydrogen-bond acceptors (Lipinski definition) is 2. The third-order valence-corrected chi connectivity index (χ3v) is 3.54. The Balaban J connectivity index is 1.96. The van der Waals surface area contributed by atoms with Gasteiger partial charge in [-0.2, -0.15) is 0 Å². The topological polar surface area (TPSA) is 12.9 Å². The number of hydrogen-bond donors (Lipinski definition) is 0. The van der Waals surface area contributed by atoms with E-state index >= 15 is 0 Å². The molecule has 2 rings (SSSR count). The highest BCUT2D eigenvalue weighted by molar-refractivity contribution is 7.10. The maximum atomic E-state index is 5.59. The molecule has 0 amide bonds. The van der Waals surface area contributed by atoms with Crippen molar-refractivity contribution in [1.29, 1.82) is 0 Å². The van der Waals surface area contributed by atoms with Crippen LogP contribution < -0.4 is 0 Å². The lowest BCUT2D eigenvalue weighted by Crippen LogP contribution is -1.81. The normalized spacial score (nSPS) is 9.83. The second-order valence-electron chi connectivity index (χ2n) is 3.82. The summed E-state index contributed by atoms with van der Waals surface area (Å²) >= 11 is 7.26. The fourth-order valence-corrected chi connectivity index (χ4v) is 2.39. The molecule has 0 aliphatic carbocycles. The molecule has 0 aliphatic heterocycles. The van der Waals surface area contributed by atoms with E-state index in [-0.39, 0.29) is 0 Å². The van der Waals surface area contributed by atoms with Gasteiger partial charge >= 0.3 is 0 Å². The summed E-state index contributed by atoms with van der Waals surface area (Å²) in [5, 5.41) is 3.16. The van der Waals surface area contributed by atoms with Crippen LogP contribution in [0.3, 0.4) is 0 Å². The Morgan fingerprint density at radius 1 is 1.17 bits per heavy atom. The summed E-state index contributed by atoms with van der Waals surface area (Å²) in [5.41, 5.74) is 2.20. The highest BCUT2D eigenvalue weighted by Gasteiger charge is 2.02. The van der Waals surface area contributed by atoms with Crippen LogP contribution >= 0.6 is 22.9 Å². The average molecular weight is 276 g/mol. The van der Waals surface area contributed by atoms with Crippen molar-refractivity contribution >= 4 is 22.9 Å². The standard InChI is InChI=1S/C15H14ClNS/c16-11-7-2-1-6-10-15-17-14(12-18-15)13-8-4-3-5-9-13/h3-5,8-9,12H,2,7,10-11H2. The number of aromatic nitrogens is 1. The third-order valence-electron chi connectivity index (χ3n) is 2.42. The summed E-state index contributed by atoms with van der Waals surface area (Å²) in [6.45, 7) is 0. The van der Waals surface area contributed by atoms with Gasteiger partial charge in [-0.05, 0) is 6.42 Å². The molecular formula is C15H14ClNS. The lowest BCUT2D eigenvalue weighted by molar-refractivity contribution is 0.989. The Labute approximate surface area is 117 Å². The molecule has 1 aromatic heterocycles. The molecule has 0 N–H and O–H groups in total. The SMILES string of the molecule is ClCCCC#CCc1nc(-c2ccccc2)cs1. The maximum Gasteiger partial charge on any atom is 0.105 e. The van der Waals surface area contributed by atoms with Crippen molar-refractivity contribution < 1.29 is 0 Å². The van der Waals surface area contributed by atoms with Crippen molar-refractivity contribution in [2.24, 2.45) is 0 Å². The van der Waals surface area contributed by atoms with Crippen LogP contribution in [-0.4, -0.2) is 10.9 Å². The smallest absolute Gasteiger partial charge is 0.105 e. The third kappa shape index (κ3) is 3.87. The van der Waals surface area contributed by atoms with Crippen molar-refractivity contribution in [2.75, 3.05) is 5.88 Å². The molecule has 0 saturated heterocycles. The van der Waals surface area contributed by atoms with Crippen LogP contribution in [0.4, 0.5) is 0 Å². The van der Waals surface area contributed by atoms with Gasteiger partial charge in [-0.25, -0.2) is 4.98 Å². The van der Waals surface area contributed by atoms with Gasteiger partial charge in [0.1, 0.15) is 5.01 Å². The average Bonchev–Trinajstić information content (AvgIpc) is 2.88. The molecule has 3 heteroatoms. The zero-order valence-electron chi connectivity index (χ0n) is 10.0. The minimum atomic E-state index is 0.685. The highest BCUT2D eigenvalue weighted by atomic mass is 35.5. The molecule has 1 nitrogen and oxygen atoms in total. The molecule has 0 saturated carbocycles. The molecule has 92 valence electrons. The van der Waals surface area contributed by atoms with Gasteiger partial charge in [-0.1, -0.05) is 36.3 Å². The Morgan fingerprint density at radius 3 is 2.78 bits per heavy atom. The van der Waals surface area contributed by atoms with E-state index in [9.17, 15) is 0 Å². The molecule has 0 fully saturated rings. The molecular weight excluding hydrogens is 262 g/mol. The minimum absolute atomic E-state index is 0.685. The number of thiazole rings is 1. The van der Waals surface area contributed by atoms with Crippen LogP contribution in [0.5, 0.6) is 0 Å². The monoisotopic (exact) mass is 275 g/mol. The summed E-state index contributed by atoms with van der Waals surface area (Å²) in [4.78, 5) is 4.59. The summed E-state index contributed by atoms with van der Waals surface area (Å²) in [6, 6.07) is 10.2. The van der Waals surface area contributed by atoms with Gasteiger partial charge in [0.2, 0.25) is 0 Å². The Hall–Kier alpha value is -1.30. The van der Waals surface area contributed by atoms with Crippen molar-refractivity contribution in [3.05, 3.63) is 40.7 Å². The number of unbranched alkanes of at least 4 members (excludes halogenated alkanes) is 1. The number of nitrogens with zero attached hydrogens (tertiary/aromatic N) is 1. The predicted molar refractivity (Wildman–Crippen MR) is 79.0 cm³/mol. The van der Waals surface area contributed by atoms with Crippen LogP contribution in [-0.2, 0) is 6.42 Å². The fourth-order valence-electron chi connectivity index (χ4n) is 1.52. The maximum absolute atomic E-state index is 5.59. The van der Waals surface area contributed by atoms with Gasteiger partial charge in [0.05, 0.1) is 12.1 Å². The lowest BCUT2D eigenvalue weighted by atomic mass is 10.2. The number of alkyl halides is 1. The van der Waals surface area contributed by atoms with Crippen molar-refractivity contribution in [3.8, 4) is 23.1 Å². The zero-order valence-corrected chi connectivity index (χ0v) is 11.6. The molecule has 18 heavy (non-hydrogen) atoms. The van der Waals surface area contributed by atoms with E-state index in [0.717, 1.165) is 35.5 Å². The molecule has 0 radical (unpaired) electrons. The van der Waals surface area contributed by atoms with E-state index in [1.165, 1.54) is 0 Å². The number of rotatable bonds is 4. The molecule has 2 aromatic rings. The van der Waals surface area contributed by atoms with E-state index in [0.29, 0.717) is 5.88 Å². The van der Waals surface area contributed by atoms with Gasteiger partial charge in [-0.15, -0.1) is 28.9 Å². The highest BCUT2D eigenvalue weighted by Crippen LogP contribution is 2.21. The molecule has 1 heterocycles. The second-order valence-corrected chi connectivity index (χ2v) is 5.14. The van der Waals surface area contributed by atoms with Crippen molar-refractivity contribution in [3.63, 3.8) is 0 Å². The molecule has 0 atom stereocenters. The van der Waals surface area contributed by atoms with E-state index in [2.05, 4.69) is 34.3 Å². The summed E-state index contributed by atoms with van der Waals surface area (Å²) in [6.07, 6.45) is 2.57. The molecule has 0 aliphatic rings.